The molecule has 0 aliphatic rings. The predicted molar refractivity (Wildman–Crippen MR) is 231 cm³/mol. The van der Waals surface area contributed by atoms with Crippen molar-refractivity contribution in [3.8, 4) is 23.0 Å². The summed E-state index contributed by atoms with van der Waals surface area (Å²) in [5.41, 5.74) is 0.675. The van der Waals surface area contributed by atoms with Crippen LogP contribution in [0.4, 0.5) is 14.5 Å². The fourth-order valence-electron chi connectivity index (χ4n) is 4.88. The van der Waals surface area contributed by atoms with E-state index in [2.05, 4.69) is 5.32 Å². The van der Waals surface area contributed by atoms with E-state index < -0.39 is 33.3 Å². The van der Waals surface area contributed by atoms with Crippen molar-refractivity contribution in [2.75, 3.05) is 5.32 Å². The van der Waals surface area contributed by atoms with Gasteiger partial charge in [-0.2, -0.15) is 0 Å². The fraction of sp³-hybridized carbons (Fsp3) is 0.0444. The van der Waals surface area contributed by atoms with E-state index in [0.717, 1.165) is 6.07 Å². The van der Waals surface area contributed by atoms with Crippen LogP contribution in [0.3, 0.4) is 0 Å². The van der Waals surface area contributed by atoms with Crippen LogP contribution >= 0.6 is 39.1 Å². The molecule has 1 unspecified atom stereocenters. The summed E-state index contributed by atoms with van der Waals surface area (Å²) >= 11 is 11.6. The predicted octanol–water partition coefficient (Wildman–Crippen LogP) is 14.7. The zero-order valence-electron chi connectivity index (χ0n) is 30.3. The lowest BCUT2D eigenvalue weighted by molar-refractivity contribution is 0.111. The standard InChI is InChI=1S/C25H20ClFNO3P.C12H10O3P.C7H4ClFO.CH4/c26-19-16-17-24(27)23(18-19)25(28-20-10-4-1-5-11-20)32(29,30-21-12-6-2-7-13-21)31-22-14-8-3-9-15-22;13-16(14-11-7-3-1-4-8-11)15-12-9-5-2-6-10-12;8-6-1-2-7(9)5(3-6)4-10;/h1-18,25,28H;1-10H;1-4H;1H4/q;+1;;. The molecule has 0 saturated heterocycles. The third-order valence-corrected chi connectivity index (χ3v) is 10.7. The lowest BCUT2D eigenvalue weighted by Gasteiger charge is -2.29. The molecule has 0 bridgehead atoms. The van der Waals surface area contributed by atoms with Gasteiger partial charge in [-0.3, -0.25) is 4.79 Å². The second kappa shape index (κ2) is 23.4. The molecule has 7 aromatic rings. The number of benzene rings is 7. The fourth-order valence-corrected chi connectivity index (χ4v) is 7.79. The highest BCUT2D eigenvalue weighted by Crippen LogP contribution is 2.60. The van der Waals surface area contributed by atoms with Crippen LogP contribution in [-0.4, -0.2) is 6.29 Å². The number of rotatable bonds is 13. The van der Waals surface area contributed by atoms with Crippen molar-refractivity contribution in [1.82, 2.24) is 0 Å². The van der Waals surface area contributed by atoms with Gasteiger partial charge in [0.1, 0.15) is 23.1 Å². The van der Waals surface area contributed by atoms with Gasteiger partial charge in [-0.1, -0.05) is 122 Å². The first-order valence-electron chi connectivity index (χ1n) is 17.3. The maximum atomic E-state index is 15.0. The van der Waals surface area contributed by atoms with Crippen LogP contribution in [0.15, 0.2) is 188 Å². The van der Waals surface area contributed by atoms with E-state index in [-0.39, 0.29) is 18.6 Å². The minimum Gasteiger partial charge on any atom is -0.414 e. The molecule has 59 heavy (non-hydrogen) atoms. The van der Waals surface area contributed by atoms with Gasteiger partial charge in [0.15, 0.2) is 23.6 Å². The van der Waals surface area contributed by atoms with Gasteiger partial charge < -0.3 is 14.4 Å². The van der Waals surface area contributed by atoms with E-state index in [1.807, 2.05) is 42.5 Å². The van der Waals surface area contributed by atoms with Crippen LogP contribution in [0.2, 0.25) is 10.0 Å². The van der Waals surface area contributed by atoms with Crippen LogP contribution in [0.1, 0.15) is 29.1 Å². The maximum Gasteiger partial charge on any atom is 0.805 e. The van der Waals surface area contributed by atoms with Crippen LogP contribution in [0, 0.1) is 11.6 Å². The quantitative estimate of drug-likeness (QED) is 0.0903. The van der Waals surface area contributed by atoms with Gasteiger partial charge in [0.25, 0.3) is 0 Å². The summed E-state index contributed by atoms with van der Waals surface area (Å²) < 4.78 is 75.5. The van der Waals surface area contributed by atoms with Crippen molar-refractivity contribution < 1.29 is 40.8 Å². The highest BCUT2D eigenvalue weighted by atomic mass is 35.5. The number of halogens is 4. The molecular formula is C45H38Cl2F2NO7P2+. The summed E-state index contributed by atoms with van der Waals surface area (Å²) in [5.74, 6) is -0.609. The van der Waals surface area contributed by atoms with Crippen LogP contribution in [0.25, 0.3) is 0 Å². The van der Waals surface area contributed by atoms with Crippen molar-refractivity contribution in [1.29, 1.82) is 0 Å². The number of hydrogen-bond donors (Lipinski definition) is 1. The molecular weight excluding hydrogens is 837 g/mol. The first kappa shape index (κ1) is 45.7. The van der Waals surface area contributed by atoms with Crippen molar-refractivity contribution in [2.45, 2.75) is 13.2 Å². The molecule has 0 aliphatic heterocycles. The van der Waals surface area contributed by atoms with E-state index >= 15 is 0 Å². The summed E-state index contributed by atoms with van der Waals surface area (Å²) in [7, 11) is -6.30. The van der Waals surface area contributed by atoms with Crippen molar-refractivity contribution >= 4 is 51.0 Å². The molecule has 0 aliphatic carbocycles. The second-order valence-corrected chi connectivity index (χ2v) is 15.4. The van der Waals surface area contributed by atoms with E-state index in [9.17, 15) is 22.7 Å². The normalized spacial score (nSPS) is 10.7. The Morgan fingerprint density at radius 2 is 0.949 bits per heavy atom. The highest BCUT2D eigenvalue weighted by molar-refractivity contribution is 7.55. The average molecular weight is 876 g/mol. The van der Waals surface area contributed by atoms with E-state index in [1.165, 1.54) is 30.3 Å². The molecule has 1 N–H and O–H groups in total. The zero-order valence-corrected chi connectivity index (χ0v) is 33.6. The molecule has 14 heteroatoms. The third-order valence-electron chi connectivity index (χ3n) is 7.53. The molecule has 0 saturated carbocycles. The van der Waals surface area contributed by atoms with Crippen molar-refractivity contribution in [3.05, 3.63) is 221 Å². The van der Waals surface area contributed by atoms with Crippen LogP contribution in [0.5, 0.6) is 23.0 Å². The minimum atomic E-state index is -4.12. The third kappa shape index (κ3) is 14.7. The zero-order chi connectivity index (χ0) is 41.2. The van der Waals surface area contributed by atoms with Gasteiger partial charge in [0.2, 0.25) is 0 Å². The van der Waals surface area contributed by atoms with Gasteiger partial charge in [-0.05, 0) is 97.1 Å². The summed E-state index contributed by atoms with van der Waals surface area (Å²) in [4.78, 5) is 10.1. The molecule has 0 amide bonds. The molecule has 0 spiro atoms. The number of nitrogens with one attached hydrogen (secondary N) is 1. The Kier molecular flexibility index (Phi) is 18.1. The molecule has 7 rings (SSSR count). The largest absolute Gasteiger partial charge is 0.805 e. The van der Waals surface area contributed by atoms with Gasteiger partial charge in [0.05, 0.1) is 5.56 Å². The number of carbonyl (C=O) groups is 1. The van der Waals surface area contributed by atoms with Crippen molar-refractivity contribution in [2.24, 2.45) is 0 Å². The Hall–Kier alpha value is -6.02. The van der Waals surface area contributed by atoms with Gasteiger partial charge in [0, 0.05) is 25.9 Å². The number of carbonyl (C=O) groups excluding carboxylic acids is 1. The van der Waals surface area contributed by atoms with E-state index in [1.54, 1.807) is 109 Å². The van der Waals surface area contributed by atoms with Crippen LogP contribution in [-0.2, 0) is 9.13 Å². The van der Waals surface area contributed by atoms with Gasteiger partial charge >= 0.3 is 15.9 Å². The maximum absolute atomic E-state index is 15.0. The Morgan fingerprint density at radius 3 is 1.37 bits per heavy atom. The Morgan fingerprint density at radius 1 is 0.559 bits per heavy atom. The second-order valence-electron chi connectivity index (χ2n) is 11.7. The van der Waals surface area contributed by atoms with E-state index in [0.29, 0.717) is 45.0 Å². The van der Waals surface area contributed by atoms with Gasteiger partial charge in [-0.15, -0.1) is 0 Å². The lowest BCUT2D eigenvalue weighted by atomic mass is 10.2. The van der Waals surface area contributed by atoms with Crippen LogP contribution < -0.4 is 23.4 Å². The average Bonchev–Trinajstić information content (AvgIpc) is 3.24. The molecule has 0 radical (unpaired) electrons. The summed E-state index contributed by atoms with van der Waals surface area (Å²) in [5, 5.41) is 3.80. The first-order valence-corrected chi connectivity index (χ1v) is 20.8. The topological polar surface area (TPSA) is 100 Å². The van der Waals surface area contributed by atoms with Gasteiger partial charge in [-0.25, -0.2) is 22.4 Å². The molecule has 0 heterocycles. The minimum absolute atomic E-state index is 0. The molecule has 7 aromatic carbocycles. The number of aldehydes is 1. The number of hydrogen-bond acceptors (Lipinski definition) is 8. The molecule has 0 aromatic heterocycles. The highest BCUT2D eigenvalue weighted by Gasteiger charge is 2.42. The summed E-state index contributed by atoms with van der Waals surface area (Å²) in [6.07, 6.45) is 0.432. The first-order chi connectivity index (χ1) is 28.1. The summed E-state index contributed by atoms with van der Waals surface area (Å²) in [6, 6.07) is 52.1. The summed E-state index contributed by atoms with van der Waals surface area (Å²) in [6.45, 7) is 0. The molecule has 0 fully saturated rings. The molecule has 1 atom stereocenters. The molecule has 8 nitrogen and oxygen atoms in total. The lowest BCUT2D eigenvalue weighted by Crippen LogP contribution is -2.19. The Balaban J connectivity index is 0.000000235. The van der Waals surface area contributed by atoms with E-state index in [4.69, 9.17) is 41.3 Å². The number of anilines is 1. The smallest absolute Gasteiger partial charge is 0.414 e. The SMILES string of the molecule is C.O=Cc1cc(Cl)ccc1F.O=P(Oc1ccccc1)(Oc1ccccc1)C(Nc1ccccc1)c1cc(Cl)ccc1F.O=[P+](Oc1ccccc1)Oc1ccccc1. The van der Waals surface area contributed by atoms with Crippen molar-refractivity contribution in [3.63, 3.8) is 0 Å². The Labute approximate surface area is 352 Å². The number of para-hydroxylation sites is 5. The monoisotopic (exact) mass is 874 g/mol. The Bertz CT molecular complexity index is 2320. The molecule has 302 valence electrons.